The Labute approximate surface area is 160 Å². The van der Waals surface area contributed by atoms with Crippen molar-refractivity contribution in [3.63, 3.8) is 0 Å². The summed E-state index contributed by atoms with van der Waals surface area (Å²) >= 11 is 0. The van der Waals surface area contributed by atoms with Crippen LogP contribution in [0.15, 0.2) is 36.5 Å². The monoisotopic (exact) mass is 395 g/mol. The molecule has 0 aliphatic carbocycles. The summed E-state index contributed by atoms with van der Waals surface area (Å²) in [5, 5.41) is 0. The topological polar surface area (TPSA) is 64.5 Å². The molecule has 6 nitrogen and oxygen atoms in total. The van der Waals surface area contributed by atoms with E-state index in [0.717, 1.165) is 17.8 Å². The first-order valence-corrected chi connectivity index (χ1v) is 8.85. The number of likely N-dealkylation sites (tertiary alicyclic amines) is 1. The maximum Gasteiger partial charge on any atom is 0.433 e. The van der Waals surface area contributed by atoms with E-state index in [0.29, 0.717) is 25.1 Å². The minimum atomic E-state index is -4.57. The minimum absolute atomic E-state index is 0.115. The molecule has 1 aliphatic heterocycles. The number of benzene rings is 1. The van der Waals surface area contributed by atoms with Crippen LogP contribution in [0, 0.1) is 6.92 Å². The molecule has 1 fully saturated rings. The third-order valence-electron chi connectivity index (χ3n) is 4.31. The number of ether oxygens (including phenoxy) is 2. The highest BCUT2D eigenvalue weighted by molar-refractivity contribution is 5.77. The van der Waals surface area contributed by atoms with Crippen LogP contribution in [0.4, 0.5) is 13.2 Å². The van der Waals surface area contributed by atoms with E-state index >= 15 is 0 Å². The standard InChI is InChI=1S/C19H20F3N3O3/c1-13-4-6-14(7-5-13)27-12-17(26)25-10-2-3-15(11-25)28-18-23-9-8-16(24-18)19(20,21)22/h4-9,15H,2-3,10-12H2,1H3. The fourth-order valence-electron chi connectivity index (χ4n) is 2.84. The van der Waals surface area contributed by atoms with Crippen LogP contribution in [0.3, 0.4) is 0 Å². The maximum absolute atomic E-state index is 12.7. The Bertz CT molecular complexity index is 812. The predicted octanol–water partition coefficient (Wildman–Crippen LogP) is 3.25. The molecule has 1 aromatic heterocycles. The van der Waals surface area contributed by atoms with E-state index in [1.54, 1.807) is 17.0 Å². The maximum atomic E-state index is 12.7. The first-order valence-electron chi connectivity index (χ1n) is 8.85. The molecule has 150 valence electrons. The van der Waals surface area contributed by atoms with Crippen molar-refractivity contribution in [1.29, 1.82) is 0 Å². The average Bonchev–Trinajstić information content (AvgIpc) is 2.67. The van der Waals surface area contributed by atoms with Crippen LogP contribution in [-0.2, 0) is 11.0 Å². The largest absolute Gasteiger partial charge is 0.484 e. The number of hydrogen-bond acceptors (Lipinski definition) is 5. The molecule has 0 spiro atoms. The number of carbonyl (C=O) groups excluding carboxylic acids is 1. The molecule has 9 heteroatoms. The van der Waals surface area contributed by atoms with Crippen LogP contribution in [0.5, 0.6) is 11.8 Å². The summed E-state index contributed by atoms with van der Waals surface area (Å²) in [5.41, 5.74) is 0.0271. The van der Waals surface area contributed by atoms with Crippen molar-refractivity contribution in [2.75, 3.05) is 19.7 Å². The van der Waals surface area contributed by atoms with E-state index in [1.807, 2.05) is 19.1 Å². The number of piperidine rings is 1. The van der Waals surface area contributed by atoms with Crippen molar-refractivity contribution in [3.05, 3.63) is 47.8 Å². The number of aromatic nitrogens is 2. The smallest absolute Gasteiger partial charge is 0.433 e. The molecule has 2 heterocycles. The lowest BCUT2D eigenvalue weighted by atomic mass is 10.1. The van der Waals surface area contributed by atoms with Crippen LogP contribution in [0.1, 0.15) is 24.1 Å². The van der Waals surface area contributed by atoms with Gasteiger partial charge < -0.3 is 14.4 Å². The van der Waals surface area contributed by atoms with Gasteiger partial charge in [-0.3, -0.25) is 4.79 Å². The van der Waals surface area contributed by atoms with Crippen LogP contribution >= 0.6 is 0 Å². The Morgan fingerprint density at radius 1 is 1.25 bits per heavy atom. The Balaban J connectivity index is 1.55. The molecular formula is C19H20F3N3O3. The van der Waals surface area contributed by atoms with Crippen LogP contribution in [0.2, 0.25) is 0 Å². The molecule has 0 saturated carbocycles. The second-order valence-corrected chi connectivity index (χ2v) is 6.55. The van der Waals surface area contributed by atoms with Gasteiger partial charge in [-0.25, -0.2) is 4.98 Å². The summed E-state index contributed by atoms with van der Waals surface area (Å²) in [6.45, 7) is 2.63. The van der Waals surface area contributed by atoms with Crippen molar-refractivity contribution in [1.82, 2.24) is 14.9 Å². The van der Waals surface area contributed by atoms with E-state index in [9.17, 15) is 18.0 Å². The van der Waals surface area contributed by atoms with Gasteiger partial charge >= 0.3 is 12.2 Å². The molecule has 1 aromatic carbocycles. The van der Waals surface area contributed by atoms with E-state index in [4.69, 9.17) is 9.47 Å². The SMILES string of the molecule is Cc1ccc(OCC(=O)N2CCCC(Oc3nccc(C(F)(F)F)n3)C2)cc1. The third-order valence-corrected chi connectivity index (χ3v) is 4.31. The number of alkyl halides is 3. The zero-order valence-electron chi connectivity index (χ0n) is 15.3. The minimum Gasteiger partial charge on any atom is -0.484 e. The Kier molecular flexibility index (Phi) is 6.01. The molecule has 1 saturated heterocycles. The molecule has 1 aliphatic rings. The number of carbonyl (C=O) groups is 1. The molecule has 1 atom stereocenters. The molecule has 0 N–H and O–H groups in total. The highest BCUT2D eigenvalue weighted by atomic mass is 19.4. The van der Waals surface area contributed by atoms with Gasteiger partial charge in [0.25, 0.3) is 5.91 Å². The zero-order chi connectivity index (χ0) is 20.1. The highest BCUT2D eigenvalue weighted by Crippen LogP contribution is 2.28. The number of aryl methyl sites for hydroxylation is 1. The zero-order valence-corrected chi connectivity index (χ0v) is 15.3. The van der Waals surface area contributed by atoms with Gasteiger partial charge in [0.15, 0.2) is 12.3 Å². The number of halogens is 3. The molecule has 0 bridgehead atoms. The van der Waals surface area contributed by atoms with Gasteiger partial charge in [-0.2, -0.15) is 18.2 Å². The quantitative estimate of drug-likeness (QED) is 0.778. The van der Waals surface area contributed by atoms with E-state index in [2.05, 4.69) is 9.97 Å². The van der Waals surface area contributed by atoms with Gasteiger partial charge in [0.05, 0.1) is 6.54 Å². The fraction of sp³-hybridized carbons (Fsp3) is 0.421. The highest BCUT2D eigenvalue weighted by Gasteiger charge is 2.33. The molecule has 2 aromatic rings. The summed E-state index contributed by atoms with van der Waals surface area (Å²) in [7, 11) is 0. The summed E-state index contributed by atoms with van der Waals surface area (Å²) < 4.78 is 49.2. The summed E-state index contributed by atoms with van der Waals surface area (Å²) in [6, 6.07) is 7.79. The van der Waals surface area contributed by atoms with Gasteiger partial charge in [-0.05, 0) is 38.0 Å². The Hall–Kier alpha value is -2.84. The lowest BCUT2D eigenvalue weighted by molar-refractivity contribution is -0.141. The molecule has 1 amide bonds. The first kappa shape index (κ1) is 19.9. The summed E-state index contributed by atoms with van der Waals surface area (Å²) in [6.07, 6.45) is -2.77. The van der Waals surface area contributed by atoms with Gasteiger partial charge in [-0.1, -0.05) is 17.7 Å². The molecular weight excluding hydrogens is 375 g/mol. The van der Waals surface area contributed by atoms with Crippen molar-refractivity contribution in [2.24, 2.45) is 0 Å². The van der Waals surface area contributed by atoms with Crippen molar-refractivity contribution in [2.45, 2.75) is 32.0 Å². The number of nitrogens with zero attached hydrogens (tertiary/aromatic N) is 3. The predicted molar refractivity (Wildman–Crippen MR) is 93.9 cm³/mol. The Morgan fingerprint density at radius 2 is 2.00 bits per heavy atom. The third kappa shape index (κ3) is 5.34. The van der Waals surface area contributed by atoms with Crippen molar-refractivity contribution < 1.29 is 27.4 Å². The Morgan fingerprint density at radius 3 is 2.71 bits per heavy atom. The van der Waals surface area contributed by atoms with Crippen LogP contribution in [-0.4, -0.2) is 46.6 Å². The average molecular weight is 395 g/mol. The molecule has 0 radical (unpaired) electrons. The molecule has 3 rings (SSSR count). The van der Waals surface area contributed by atoms with Crippen molar-refractivity contribution >= 4 is 5.91 Å². The van der Waals surface area contributed by atoms with Gasteiger partial charge in [0.1, 0.15) is 11.9 Å². The van der Waals surface area contributed by atoms with Gasteiger partial charge in [0.2, 0.25) is 0 Å². The van der Waals surface area contributed by atoms with E-state index in [-0.39, 0.29) is 25.1 Å². The second-order valence-electron chi connectivity index (χ2n) is 6.55. The fourth-order valence-corrected chi connectivity index (χ4v) is 2.84. The van der Waals surface area contributed by atoms with Crippen molar-refractivity contribution in [3.8, 4) is 11.8 Å². The lowest BCUT2D eigenvalue weighted by Gasteiger charge is -2.32. The van der Waals surface area contributed by atoms with Crippen LogP contribution < -0.4 is 9.47 Å². The molecule has 1 unspecified atom stereocenters. The van der Waals surface area contributed by atoms with Crippen LogP contribution in [0.25, 0.3) is 0 Å². The van der Waals surface area contributed by atoms with Gasteiger partial charge in [0, 0.05) is 12.7 Å². The second kappa shape index (κ2) is 8.45. The van der Waals surface area contributed by atoms with E-state index in [1.165, 1.54) is 0 Å². The number of hydrogen-bond donors (Lipinski definition) is 0. The number of rotatable bonds is 5. The van der Waals surface area contributed by atoms with E-state index < -0.39 is 18.0 Å². The molecule has 28 heavy (non-hydrogen) atoms. The normalized spacial score (nSPS) is 17.3. The lowest BCUT2D eigenvalue weighted by Crippen LogP contribution is -2.46. The first-order chi connectivity index (χ1) is 13.3. The number of amides is 1. The summed E-state index contributed by atoms with van der Waals surface area (Å²) in [4.78, 5) is 21.1. The van der Waals surface area contributed by atoms with Gasteiger partial charge in [-0.15, -0.1) is 0 Å². The summed E-state index contributed by atoms with van der Waals surface area (Å²) in [5.74, 6) is 0.389.